The molecule has 1 aliphatic carbocycles. The van der Waals surface area contributed by atoms with E-state index in [9.17, 15) is 0 Å². The number of nitrogens with zero attached hydrogens (tertiary/aromatic N) is 1. The molecule has 0 spiro atoms. The monoisotopic (exact) mass is 274 g/mol. The van der Waals surface area contributed by atoms with E-state index < -0.39 is 0 Å². The second kappa shape index (κ2) is 5.39. The van der Waals surface area contributed by atoms with E-state index in [0.29, 0.717) is 0 Å². The van der Waals surface area contributed by atoms with Gasteiger partial charge in [-0.2, -0.15) is 0 Å². The zero-order valence-electron chi connectivity index (χ0n) is 11.3. The fourth-order valence-electron chi connectivity index (χ4n) is 1.96. The first kappa shape index (κ1) is 12.8. The summed E-state index contributed by atoms with van der Waals surface area (Å²) in [5, 5.41) is 4.57. The highest BCUT2D eigenvalue weighted by Gasteiger charge is 2.20. The van der Waals surface area contributed by atoms with Crippen LogP contribution in [0.25, 0.3) is 0 Å². The summed E-state index contributed by atoms with van der Waals surface area (Å²) in [6, 6.07) is 4.95. The lowest BCUT2D eigenvalue weighted by atomic mass is 10.2. The number of hydrogen-bond donors (Lipinski definition) is 1. The van der Waals surface area contributed by atoms with Crippen LogP contribution in [0.1, 0.15) is 29.7 Å². The Labute approximate surface area is 117 Å². The van der Waals surface area contributed by atoms with Gasteiger partial charge in [-0.1, -0.05) is 17.8 Å². The molecule has 19 heavy (non-hydrogen) atoms. The highest BCUT2D eigenvalue weighted by atomic mass is 32.2. The molecule has 100 valence electrons. The van der Waals surface area contributed by atoms with E-state index in [4.69, 9.17) is 4.42 Å². The molecular formula is C15H18N2OS. The quantitative estimate of drug-likeness (QED) is 0.902. The molecule has 1 N–H and O–H groups in total. The van der Waals surface area contributed by atoms with Crippen molar-refractivity contribution >= 4 is 11.8 Å². The second-order valence-corrected chi connectivity index (χ2v) is 6.09. The normalized spacial score (nSPS) is 14.8. The van der Waals surface area contributed by atoms with Gasteiger partial charge < -0.3 is 9.73 Å². The summed E-state index contributed by atoms with van der Waals surface area (Å²) < 4.78 is 5.31. The van der Waals surface area contributed by atoms with Crippen LogP contribution in [0.15, 0.2) is 38.9 Å². The Morgan fingerprint density at radius 1 is 1.42 bits per heavy atom. The van der Waals surface area contributed by atoms with Crippen LogP contribution in [-0.4, -0.2) is 11.0 Å². The number of aryl methyl sites for hydroxylation is 2. The fourth-order valence-corrected chi connectivity index (χ4v) is 2.81. The summed E-state index contributed by atoms with van der Waals surface area (Å²) in [6.07, 6.45) is 6.33. The van der Waals surface area contributed by atoms with Gasteiger partial charge in [0.1, 0.15) is 10.8 Å². The van der Waals surface area contributed by atoms with Crippen LogP contribution in [0.5, 0.6) is 0 Å². The van der Waals surface area contributed by atoms with Crippen molar-refractivity contribution in [3.63, 3.8) is 0 Å². The molecule has 0 unspecified atom stereocenters. The number of hydrogen-bond acceptors (Lipinski definition) is 4. The van der Waals surface area contributed by atoms with E-state index in [1.54, 1.807) is 18.0 Å². The minimum atomic E-state index is 0.739. The number of nitrogens with one attached hydrogen (secondary N) is 1. The Morgan fingerprint density at radius 2 is 2.26 bits per heavy atom. The Morgan fingerprint density at radius 3 is 2.89 bits per heavy atom. The van der Waals surface area contributed by atoms with Gasteiger partial charge in [-0.25, -0.2) is 4.98 Å². The molecule has 1 saturated carbocycles. The number of furan rings is 1. The summed E-state index contributed by atoms with van der Waals surface area (Å²) in [5.41, 5.74) is 2.48. The van der Waals surface area contributed by atoms with E-state index >= 15 is 0 Å². The zero-order chi connectivity index (χ0) is 13.2. The molecule has 1 aliphatic rings. The highest BCUT2D eigenvalue weighted by Crippen LogP contribution is 2.31. The molecule has 2 aromatic heterocycles. The van der Waals surface area contributed by atoms with Crippen LogP contribution in [-0.2, 0) is 6.54 Å². The minimum absolute atomic E-state index is 0.739. The second-order valence-electron chi connectivity index (χ2n) is 5.06. The molecule has 2 aromatic rings. The third-order valence-corrected chi connectivity index (χ3v) is 4.54. The average molecular weight is 274 g/mol. The van der Waals surface area contributed by atoms with Gasteiger partial charge in [0.25, 0.3) is 0 Å². The molecule has 1 fully saturated rings. The first-order valence-electron chi connectivity index (χ1n) is 6.63. The van der Waals surface area contributed by atoms with Crippen LogP contribution < -0.4 is 5.32 Å². The molecule has 0 radical (unpaired) electrons. The maximum atomic E-state index is 5.31. The van der Waals surface area contributed by atoms with Gasteiger partial charge in [-0.3, -0.25) is 0 Å². The maximum absolute atomic E-state index is 5.31. The van der Waals surface area contributed by atoms with Crippen molar-refractivity contribution in [3.8, 4) is 0 Å². The van der Waals surface area contributed by atoms with Crippen LogP contribution in [0.4, 0.5) is 0 Å². The summed E-state index contributed by atoms with van der Waals surface area (Å²) in [5.74, 6) is 0.950. The molecule has 2 heterocycles. The van der Waals surface area contributed by atoms with Crippen molar-refractivity contribution < 1.29 is 4.42 Å². The molecule has 4 heteroatoms. The summed E-state index contributed by atoms with van der Waals surface area (Å²) >= 11 is 1.67. The lowest BCUT2D eigenvalue weighted by molar-refractivity contribution is 0.527. The van der Waals surface area contributed by atoms with Gasteiger partial charge in [-0.15, -0.1) is 0 Å². The van der Waals surface area contributed by atoms with Crippen molar-refractivity contribution in [1.82, 2.24) is 10.3 Å². The standard InChI is InChI=1S/C15H18N2OS/c1-10-7-12(8-16-13-3-4-13)9-17-15(10)19-14-5-6-18-11(14)2/h5-7,9,13,16H,3-4,8H2,1-2H3. The maximum Gasteiger partial charge on any atom is 0.114 e. The largest absolute Gasteiger partial charge is 0.468 e. The predicted molar refractivity (Wildman–Crippen MR) is 76.4 cm³/mol. The van der Waals surface area contributed by atoms with Crippen molar-refractivity contribution in [2.24, 2.45) is 0 Å². The molecule has 0 aromatic carbocycles. The summed E-state index contributed by atoms with van der Waals surface area (Å²) in [4.78, 5) is 5.71. The Hall–Kier alpha value is -1.26. The first-order valence-corrected chi connectivity index (χ1v) is 7.45. The van der Waals surface area contributed by atoms with Gasteiger partial charge in [0, 0.05) is 18.8 Å². The SMILES string of the molecule is Cc1cc(CNC2CC2)cnc1Sc1ccoc1C. The molecule has 0 aliphatic heterocycles. The van der Waals surface area contributed by atoms with E-state index in [2.05, 4.69) is 23.3 Å². The molecule has 3 nitrogen and oxygen atoms in total. The Bertz CT molecular complexity index is 575. The summed E-state index contributed by atoms with van der Waals surface area (Å²) in [6.45, 7) is 5.02. The number of rotatable bonds is 5. The van der Waals surface area contributed by atoms with Crippen LogP contribution >= 0.6 is 11.8 Å². The van der Waals surface area contributed by atoms with Crippen LogP contribution in [0, 0.1) is 13.8 Å². The van der Waals surface area contributed by atoms with Crippen molar-refractivity contribution in [2.75, 3.05) is 0 Å². The van der Waals surface area contributed by atoms with E-state index in [0.717, 1.165) is 28.3 Å². The van der Waals surface area contributed by atoms with Crippen LogP contribution in [0.3, 0.4) is 0 Å². The van der Waals surface area contributed by atoms with Gasteiger partial charge in [0.05, 0.1) is 11.2 Å². The van der Waals surface area contributed by atoms with Crippen molar-refractivity contribution in [1.29, 1.82) is 0 Å². The van der Waals surface area contributed by atoms with Gasteiger partial charge >= 0.3 is 0 Å². The molecule has 3 rings (SSSR count). The molecular weight excluding hydrogens is 256 g/mol. The molecule has 0 amide bonds. The van der Waals surface area contributed by atoms with Gasteiger partial charge in [-0.05, 0) is 43.9 Å². The van der Waals surface area contributed by atoms with Crippen molar-refractivity contribution in [2.45, 2.75) is 49.2 Å². The average Bonchev–Trinajstić information content (AvgIpc) is 3.14. The predicted octanol–water partition coefficient (Wildman–Crippen LogP) is 3.69. The lowest BCUT2D eigenvalue weighted by Gasteiger charge is -2.07. The molecule has 0 atom stereocenters. The van der Waals surface area contributed by atoms with Gasteiger partial charge in [0.2, 0.25) is 0 Å². The summed E-state index contributed by atoms with van der Waals surface area (Å²) in [7, 11) is 0. The Kier molecular flexibility index (Phi) is 3.62. The van der Waals surface area contributed by atoms with E-state index in [1.807, 2.05) is 19.2 Å². The number of pyridine rings is 1. The third kappa shape index (κ3) is 3.19. The highest BCUT2D eigenvalue weighted by molar-refractivity contribution is 7.99. The van der Waals surface area contributed by atoms with E-state index in [-0.39, 0.29) is 0 Å². The smallest absolute Gasteiger partial charge is 0.114 e. The lowest BCUT2D eigenvalue weighted by Crippen LogP contribution is -2.15. The van der Waals surface area contributed by atoms with Crippen molar-refractivity contribution in [3.05, 3.63) is 41.5 Å². The van der Waals surface area contributed by atoms with Crippen LogP contribution in [0.2, 0.25) is 0 Å². The first-order chi connectivity index (χ1) is 9.22. The number of aromatic nitrogens is 1. The minimum Gasteiger partial charge on any atom is -0.468 e. The van der Waals surface area contributed by atoms with Gasteiger partial charge in [0.15, 0.2) is 0 Å². The fraction of sp³-hybridized carbons (Fsp3) is 0.400. The third-order valence-electron chi connectivity index (χ3n) is 3.28. The topological polar surface area (TPSA) is 38.1 Å². The molecule has 0 saturated heterocycles. The zero-order valence-corrected chi connectivity index (χ0v) is 12.1. The van der Waals surface area contributed by atoms with E-state index in [1.165, 1.54) is 24.0 Å². The Balaban J connectivity index is 1.70. The molecule has 0 bridgehead atoms.